The third kappa shape index (κ3) is 5.14. The Kier molecular flexibility index (Phi) is 8.18. The minimum Gasteiger partial charge on any atom is -0.380 e. The van der Waals surface area contributed by atoms with Gasteiger partial charge in [-0.25, -0.2) is 12.7 Å². The van der Waals surface area contributed by atoms with Gasteiger partial charge in [-0.15, -0.1) is 0 Å². The predicted molar refractivity (Wildman–Crippen MR) is 135 cm³/mol. The number of methoxy groups -OCH3 is 1. The molecule has 1 aliphatic heterocycles. The summed E-state index contributed by atoms with van der Waals surface area (Å²) < 4.78 is 34.3. The number of sulfonamides is 1. The van der Waals surface area contributed by atoms with Gasteiger partial charge in [0.2, 0.25) is 21.8 Å². The van der Waals surface area contributed by atoms with Crippen LogP contribution in [0.5, 0.6) is 0 Å². The molecular weight excluding hydrogens is 466 g/mol. The van der Waals surface area contributed by atoms with Crippen molar-refractivity contribution < 1.29 is 22.7 Å². The largest absolute Gasteiger partial charge is 0.380 e. The van der Waals surface area contributed by atoms with Gasteiger partial charge in [0, 0.05) is 45.6 Å². The molecule has 9 heteroatoms. The van der Waals surface area contributed by atoms with Crippen molar-refractivity contribution in [3.05, 3.63) is 0 Å². The lowest BCUT2D eigenvalue weighted by atomic mass is 9.69. The Labute approximate surface area is 211 Å². The summed E-state index contributed by atoms with van der Waals surface area (Å²) in [6.45, 7) is 9.04. The second-order valence-electron chi connectivity index (χ2n) is 11.3. The van der Waals surface area contributed by atoms with Gasteiger partial charge < -0.3 is 14.5 Å². The van der Waals surface area contributed by atoms with Crippen molar-refractivity contribution in [3.63, 3.8) is 0 Å². The van der Waals surface area contributed by atoms with E-state index in [9.17, 15) is 18.0 Å². The number of nitrogens with zero attached hydrogens (tertiary/aromatic N) is 3. The molecule has 35 heavy (non-hydrogen) atoms. The average molecular weight is 512 g/mol. The third-order valence-electron chi connectivity index (χ3n) is 9.28. The molecule has 0 N–H and O–H groups in total. The van der Waals surface area contributed by atoms with Crippen LogP contribution in [0, 0.1) is 17.8 Å². The van der Waals surface area contributed by atoms with Gasteiger partial charge in [-0.2, -0.15) is 0 Å². The Morgan fingerprint density at radius 1 is 0.943 bits per heavy atom. The van der Waals surface area contributed by atoms with E-state index in [2.05, 4.69) is 11.8 Å². The highest BCUT2D eigenvalue weighted by atomic mass is 32.2. The molecule has 0 bridgehead atoms. The van der Waals surface area contributed by atoms with E-state index in [1.807, 2.05) is 18.7 Å². The Balaban J connectivity index is 1.55. The molecule has 4 fully saturated rings. The molecule has 1 saturated heterocycles. The lowest BCUT2D eigenvalue weighted by molar-refractivity contribution is -0.155. The first-order valence-electron chi connectivity index (χ1n) is 13.7. The van der Waals surface area contributed by atoms with Crippen LogP contribution in [-0.2, 0) is 24.3 Å². The summed E-state index contributed by atoms with van der Waals surface area (Å²) in [7, 11) is -1.82. The zero-order valence-electron chi connectivity index (χ0n) is 22.2. The summed E-state index contributed by atoms with van der Waals surface area (Å²) in [6, 6.07) is 0.148. The number of hydrogen-bond donors (Lipinski definition) is 0. The molecular formula is C26H45N3O5S. The maximum Gasteiger partial charge on any atom is 0.226 e. The Morgan fingerprint density at radius 3 is 2.14 bits per heavy atom. The standard InChI is InChI=1S/C26H45N3O5S/c1-6-27(7-2)35(32,33)25-15-21(11-13-24(25)34-5)20-10-12-22-23(14-20)28(26(31)19-8-9-19)16-17(3)29(22)18(4)30/h17,19-25H,6-16H2,1-5H3/t17-,20?,21?,22?,23?,24?,25?/m0/s1. The summed E-state index contributed by atoms with van der Waals surface area (Å²) in [6.07, 6.45) is 6.72. The van der Waals surface area contributed by atoms with Crippen LogP contribution < -0.4 is 0 Å². The van der Waals surface area contributed by atoms with E-state index >= 15 is 0 Å². The molecule has 0 radical (unpaired) electrons. The van der Waals surface area contributed by atoms with Crippen molar-refractivity contribution in [2.24, 2.45) is 17.8 Å². The predicted octanol–water partition coefficient (Wildman–Crippen LogP) is 2.87. The molecule has 0 aromatic rings. The number of ether oxygens (including phenoxy) is 1. The molecule has 4 aliphatic rings. The maximum atomic E-state index is 13.5. The SMILES string of the molecule is CCN(CC)S(=O)(=O)C1CC(C2CCC3C(C2)N(C(=O)C2CC2)C[C@H](C)N3C(C)=O)CCC1OC. The van der Waals surface area contributed by atoms with Gasteiger partial charge in [0.25, 0.3) is 0 Å². The third-order valence-corrected chi connectivity index (χ3v) is 11.8. The number of hydrogen-bond acceptors (Lipinski definition) is 5. The highest BCUT2D eigenvalue weighted by Gasteiger charge is 2.51. The van der Waals surface area contributed by atoms with Crippen LogP contribution in [-0.4, -0.2) is 90.6 Å². The molecule has 0 aromatic carbocycles. The van der Waals surface area contributed by atoms with Crippen molar-refractivity contribution in [1.29, 1.82) is 0 Å². The van der Waals surface area contributed by atoms with Crippen LogP contribution in [0.3, 0.4) is 0 Å². The molecule has 8 nitrogen and oxygen atoms in total. The van der Waals surface area contributed by atoms with Gasteiger partial charge in [-0.1, -0.05) is 13.8 Å². The number of piperazine rings is 1. The maximum absolute atomic E-state index is 13.5. The number of fused-ring (bicyclic) bond motifs is 1. The smallest absolute Gasteiger partial charge is 0.226 e. The molecule has 0 aromatic heterocycles. The summed E-state index contributed by atoms with van der Waals surface area (Å²) in [5.74, 6) is 1.17. The number of amides is 2. The van der Waals surface area contributed by atoms with E-state index in [1.165, 1.54) is 0 Å². The van der Waals surface area contributed by atoms with Gasteiger partial charge in [0.05, 0.1) is 18.2 Å². The average Bonchev–Trinajstić information content (AvgIpc) is 3.68. The fraction of sp³-hybridized carbons (Fsp3) is 0.923. The zero-order valence-corrected chi connectivity index (χ0v) is 23.0. The van der Waals surface area contributed by atoms with E-state index in [1.54, 1.807) is 18.3 Å². The Bertz CT molecular complexity index is 887. The second kappa shape index (κ2) is 10.7. The lowest BCUT2D eigenvalue weighted by Gasteiger charge is -2.55. The monoisotopic (exact) mass is 511 g/mol. The van der Waals surface area contributed by atoms with Crippen molar-refractivity contribution >= 4 is 21.8 Å². The lowest BCUT2D eigenvalue weighted by Crippen LogP contribution is -2.67. The summed E-state index contributed by atoms with van der Waals surface area (Å²) in [4.78, 5) is 29.9. The topological polar surface area (TPSA) is 87.2 Å². The normalized spacial score (nSPS) is 36.2. The molecule has 4 rings (SSSR count). The number of carbonyl (C=O) groups is 2. The van der Waals surface area contributed by atoms with Gasteiger partial charge >= 0.3 is 0 Å². The summed E-state index contributed by atoms with van der Waals surface area (Å²) in [5.41, 5.74) is 0. The van der Waals surface area contributed by atoms with Gasteiger partial charge in [0.1, 0.15) is 5.25 Å². The number of rotatable bonds is 7. The van der Waals surface area contributed by atoms with Crippen LogP contribution in [0.15, 0.2) is 0 Å². The van der Waals surface area contributed by atoms with E-state index in [4.69, 9.17) is 4.74 Å². The fourth-order valence-electron chi connectivity index (χ4n) is 7.37. The van der Waals surface area contributed by atoms with E-state index in [0.717, 1.165) is 44.9 Å². The van der Waals surface area contributed by atoms with Crippen molar-refractivity contribution in [2.75, 3.05) is 26.7 Å². The fourth-order valence-corrected chi connectivity index (χ4v) is 9.59. The quantitative estimate of drug-likeness (QED) is 0.525. The van der Waals surface area contributed by atoms with Crippen molar-refractivity contribution in [1.82, 2.24) is 14.1 Å². The van der Waals surface area contributed by atoms with Crippen molar-refractivity contribution in [2.45, 2.75) is 109 Å². The summed E-state index contributed by atoms with van der Waals surface area (Å²) >= 11 is 0. The van der Waals surface area contributed by atoms with E-state index in [-0.39, 0.29) is 42.0 Å². The highest BCUT2D eigenvalue weighted by molar-refractivity contribution is 7.89. The molecule has 1 heterocycles. The van der Waals surface area contributed by atoms with Gasteiger partial charge in [0.15, 0.2) is 0 Å². The Morgan fingerprint density at radius 2 is 1.57 bits per heavy atom. The zero-order chi connectivity index (χ0) is 25.5. The van der Waals surface area contributed by atoms with Crippen LogP contribution in [0.4, 0.5) is 0 Å². The molecule has 3 aliphatic carbocycles. The Hall–Kier alpha value is -1.19. The first kappa shape index (κ1) is 26.9. The van der Waals surface area contributed by atoms with E-state index < -0.39 is 15.3 Å². The second-order valence-corrected chi connectivity index (χ2v) is 13.4. The molecule has 2 amide bonds. The minimum atomic E-state index is -3.44. The van der Waals surface area contributed by atoms with Crippen LogP contribution in [0.1, 0.15) is 79.1 Å². The van der Waals surface area contributed by atoms with Crippen LogP contribution in [0.2, 0.25) is 0 Å². The van der Waals surface area contributed by atoms with Crippen molar-refractivity contribution in [3.8, 4) is 0 Å². The highest BCUT2D eigenvalue weighted by Crippen LogP contribution is 2.45. The van der Waals surface area contributed by atoms with Crippen LogP contribution in [0.25, 0.3) is 0 Å². The molecule has 7 atom stereocenters. The first-order valence-corrected chi connectivity index (χ1v) is 15.2. The molecule has 3 saturated carbocycles. The number of carbonyl (C=O) groups excluding carboxylic acids is 2. The minimum absolute atomic E-state index is 0.0359. The summed E-state index contributed by atoms with van der Waals surface area (Å²) in [5, 5.41) is -0.520. The molecule has 200 valence electrons. The molecule has 0 spiro atoms. The first-order chi connectivity index (χ1) is 16.6. The van der Waals surface area contributed by atoms with E-state index in [0.29, 0.717) is 37.9 Å². The van der Waals surface area contributed by atoms with Gasteiger partial charge in [-0.05, 0) is 70.1 Å². The van der Waals surface area contributed by atoms with Crippen LogP contribution >= 0.6 is 0 Å². The molecule has 6 unspecified atom stereocenters. The van der Waals surface area contributed by atoms with Gasteiger partial charge in [-0.3, -0.25) is 9.59 Å².